The minimum Gasteiger partial charge on any atom is -0.378 e. The summed E-state index contributed by atoms with van der Waals surface area (Å²) >= 11 is 1.75. The van der Waals surface area contributed by atoms with Crippen LogP contribution in [0.15, 0.2) is 24.3 Å². The van der Waals surface area contributed by atoms with E-state index >= 15 is 0 Å². The van der Waals surface area contributed by atoms with Crippen molar-refractivity contribution in [2.45, 2.75) is 6.10 Å². The SMILES string of the molecule is COC1CN(c2nc3ccccc3s2)C1. The first-order valence-electron chi connectivity index (χ1n) is 5.00. The molecule has 0 spiro atoms. The first-order valence-corrected chi connectivity index (χ1v) is 5.82. The van der Waals surface area contributed by atoms with Gasteiger partial charge in [0, 0.05) is 20.2 Å². The lowest BCUT2D eigenvalue weighted by atomic mass is 10.2. The maximum atomic E-state index is 5.25. The molecule has 0 amide bonds. The standard InChI is InChI=1S/C11H12N2OS/c1-14-8-6-13(7-8)11-12-9-4-2-3-5-10(9)15-11/h2-5,8H,6-7H2,1H3. The van der Waals surface area contributed by atoms with Gasteiger partial charge in [-0.15, -0.1) is 0 Å². The summed E-state index contributed by atoms with van der Waals surface area (Å²) in [4.78, 5) is 6.86. The minimum absolute atomic E-state index is 0.386. The van der Waals surface area contributed by atoms with Crippen LogP contribution in [0.1, 0.15) is 0 Å². The molecular weight excluding hydrogens is 208 g/mol. The number of rotatable bonds is 2. The molecule has 0 bridgehead atoms. The Bertz CT molecular complexity index is 443. The number of hydrogen-bond donors (Lipinski definition) is 0. The molecule has 0 unspecified atom stereocenters. The Morgan fingerprint density at radius 1 is 1.40 bits per heavy atom. The number of aromatic nitrogens is 1. The smallest absolute Gasteiger partial charge is 0.186 e. The van der Waals surface area contributed by atoms with Crippen molar-refractivity contribution in [2.75, 3.05) is 25.1 Å². The number of nitrogens with zero attached hydrogens (tertiary/aromatic N) is 2. The van der Waals surface area contributed by atoms with E-state index in [1.165, 1.54) is 4.70 Å². The fourth-order valence-corrected chi connectivity index (χ4v) is 2.72. The van der Waals surface area contributed by atoms with Crippen molar-refractivity contribution in [3.63, 3.8) is 0 Å². The van der Waals surface area contributed by atoms with Crippen molar-refractivity contribution in [2.24, 2.45) is 0 Å². The third kappa shape index (κ3) is 1.50. The van der Waals surface area contributed by atoms with E-state index in [0.717, 1.165) is 23.7 Å². The van der Waals surface area contributed by atoms with E-state index in [2.05, 4.69) is 28.1 Å². The van der Waals surface area contributed by atoms with Crippen molar-refractivity contribution in [3.8, 4) is 0 Å². The maximum absolute atomic E-state index is 5.25. The summed E-state index contributed by atoms with van der Waals surface area (Å²) in [5, 5.41) is 1.12. The summed E-state index contributed by atoms with van der Waals surface area (Å²) in [6.45, 7) is 1.94. The molecule has 0 saturated carbocycles. The predicted molar refractivity (Wildman–Crippen MR) is 62.6 cm³/mol. The van der Waals surface area contributed by atoms with Crippen molar-refractivity contribution >= 4 is 26.7 Å². The van der Waals surface area contributed by atoms with Crippen LogP contribution >= 0.6 is 11.3 Å². The van der Waals surface area contributed by atoms with Crippen LogP contribution in [0.2, 0.25) is 0 Å². The maximum Gasteiger partial charge on any atom is 0.186 e. The molecule has 2 heterocycles. The van der Waals surface area contributed by atoms with Crippen molar-refractivity contribution in [1.29, 1.82) is 0 Å². The minimum atomic E-state index is 0.386. The molecule has 0 aliphatic carbocycles. The fraction of sp³-hybridized carbons (Fsp3) is 0.364. The van der Waals surface area contributed by atoms with Gasteiger partial charge in [0.15, 0.2) is 5.13 Å². The fourth-order valence-electron chi connectivity index (χ4n) is 1.74. The summed E-state index contributed by atoms with van der Waals surface area (Å²) in [7, 11) is 1.76. The van der Waals surface area contributed by atoms with E-state index in [-0.39, 0.29) is 0 Å². The third-order valence-electron chi connectivity index (χ3n) is 2.73. The second-order valence-electron chi connectivity index (χ2n) is 3.73. The number of benzene rings is 1. The number of methoxy groups -OCH3 is 1. The largest absolute Gasteiger partial charge is 0.378 e. The number of hydrogen-bond acceptors (Lipinski definition) is 4. The number of thiazole rings is 1. The van der Waals surface area contributed by atoms with Crippen LogP contribution in [0, 0.1) is 0 Å². The lowest BCUT2D eigenvalue weighted by molar-refractivity contribution is 0.0787. The molecule has 1 saturated heterocycles. The van der Waals surface area contributed by atoms with E-state index in [4.69, 9.17) is 4.74 Å². The highest BCUT2D eigenvalue weighted by Crippen LogP contribution is 2.31. The van der Waals surface area contributed by atoms with Crippen LogP contribution < -0.4 is 4.90 Å². The molecule has 4 heteroatoms. The van der Waals surface area contributed by atoms with Crippen LogP contribution in [-0.4, -0.2) is 31.3 Å². The van der Waals surface area contributed by atoms with Gasteiger partial charge in [0.2, 0.25) is 0 Å². The molecule has 1 aliphatic heterocycles. The van der Waals surface area contributed by atoms with Gasteiger partial charge in [-0.05, 0) is 12.1 Å². The molecule has 0 radical (unpaired) electrons. The highest BCUT2D eigenvalue weighted by molar-refractivity contribution is 7.22. The first-order chi connectivity index (χ1) is 7.36. The lowest BCUT2D eigenvalue weighted by Crippen LogP contribution is -2.51. The summed E-state index contributed by atoms with van der Waals surface area (Å²) < 4.78 is 6.50. The molecule has 3 rings (SSSR count). The quantitative estimate of drug-likeness (QED) is 0.775. The van der Waals surface area contributed by atoms with Gasteiger partial charge in [0.05, 0.1) is 16.3 Å². The van der Waals surface area contributed by atoms with Crippen molar-refractivity contribution in [1.82, 2.24) is 4.98 Å². The van der Waals surface area contributed by atoms with E-state index in [1.807, 2.05) is 6.07 Å². The summed E-state index contributed by atoms with van der Waals surface area (Å²) in [6.07, 6.45) is 0.386. The molecule has 1 aliphatic rings. The number of anilines is 1. The van der Waals surface area contributed by atoms with Crippen LogP contribution in [0.3, 0.4) is 0 Å². The predicted octanol–water partition coefficient (Wildman–Crippen LogP) is 2.13. The van der Waals surface area contributed by atoms with E-state index < -0.39 is 0 Å². The van der Waals surface area contributed by atoms with Gasteiger partial charge >= 0.3 is 0 Å². The van der Waals surface area contributed by atoms with E-state index in [0.29, 0.717) is 6.10 Å². The van der Waals surface area contributed by atoms with Gasteiger partial charge < -0.3 is 9.64 Å². The molecule has 3 nitrogen and oxygen atoms in total. The Morgan fingerprint density at radius 3 is 2.93 bits per heavy atom. The highest BCUT2D eigenvalue weighted by Gasteiger charge is 2.28. The molecule has 1 aromatic heterocycles. The molecule has 0 atom stereocenters. The van der Waals surface area contributed by atoms with E-state index in [9.17, 15) is 0 Å². The summed E-state index contributed by atoms with van der Waals surface area (Å²) in [6, 6.07) is 8.26. The van der Waals surface area contributed by atoms with Crippen molar-refractivity contribution in [3.05, 3.63) is 24.3 Å². The third-order valence-corrected chi connectivity index (χ3v) is 3.83. The van der Waals surface area contributed by atoms with Crippen LogP contribution in [0.5, 0.6) is 0 Å². The topological polar surface area (TPSA) is 25.4 Å². The van der Waals surface area contributed by atoms with Crippen molar-refractivity contribution < 1.29 is 4.74 Å². The molecule has 0 N–H and O–H groups in total. The van der Waals surface area contributed by atoms with Gasteiger partial charge in [-0.25, -0.2) is 4.98 Å². The van der Waals surface area contributed by atoms with Crippen LogP contribution in [-0.2, 0) is 4.74 Å². The molecule has 1 fully saturated rings. The average Bonchev–Trinajstić information content (AvgIpc) is 2.59. The lowest BCUT2D eigenvalue weighted by Gasteiger charge is -2.37. The Kier molecular flexibility index (Phi) is 2.11. The molecular formula is C11H12N2OS. The Morgan fingerprint density at radius 2 is 2.20 bits per heavy atom. The summed E-state index contributed by atoms with van der Waals surface area (Å²) in [5.74, 6) is 0. The zero-order valence-corrected chi connectivity index (χ0v) is 9.33. The number of fused-ring (bicyclic) bond motifs is 1. The van der Waals surface area contributed by atoms with Gasteiger partial charge in [0.1, 0.15) is 0 Å². The second kappa shape index (κ2) is 3.47. The normalized spacial score (nSPS) is 17.0. The number of ether oxygens (including phenoxy) is 1. The van der Waals surface area contributed by atoms with Gasteiger partial charge in [-0.1, -0.05) is 23.5 Å². The van der Waals surface area contributed by atoms with Crippen LogP contribution in [0.4, 0.5) is 5.13 Å². The Labute approximate surface area is 92.3 Å². The zero-order chi connectivity index (χ0) is 10.3. The molecule has 78 valence electrons. The summed E-state index contributed by atoms with van der Waals surface area (Å²) in [5.41, 5.74) is 1.10. The zero-order valence-electron chi connectivity index (χ0n) is 8.51. The second-order valence-corrected chi connectivity index (χ2v) is 4.74. The molecule has 2 aromatic rings. The van der Waals surface area contributed by atoms with Gasteiger partial charge in [-0.3, -0.25) is 0 Å². The van der Waals surface area contributed by atoms with Gasteiger partial charge in [-0.2, -0.15) is 0 Å². The number of para-hydroxylation sites is 1. The molecule has 1 aromatic carbocycles. The Balaban J connectivity index is 1.87. The molecule has 15 heavy (non-hydrogen) atoms. The average molecular weight is 220 g/mol. The van der Waals surface area contributed by atoms with Crippen LogP contribution in [0.25, 0.3) is 10.2 Å². The first kappa shape index (κ1) is 9.12. The monoisotopic (exact) mass is 220 g/mol. The highest BCUT2D eigenvalue weighted by atomic mass is 32.1. The van der Waals surface area contributed by atoms with E-state index in [1.54, 1.807) is 18.4 Å². The van der Waals surface area contributed by atoms with Gasteiger partial charge in [0.25, 0.3) is 0 Å². The Hall–Kier alpha value is -1.13.